The normalized spacial score (nSPS) is 11.6. The van der Waals surface area contributed by atoms with Crippen LogP contribution in [0.3, 0.4) is 0 Å². The first-order valence-corrected chi connectivity index (χ1v) is 8.82. The molecule has 0 aliphatic carbocycles. The molecule has 1 aromatic carbocycles. The number of aryl methyl sites for hydroxylation is 1. The molecule has 0 saturated heterocycles. The zero-order valence-electron chi connectivity index (χ0n) is 14.3. The number of hydrogen-bond donors (Lipinski definition) is 1. The van der Waals surface area contributed by atoms with E-state index in [0.29, 0.717) is 17.3 Å². The molecule has 0 fully saturated rings. The summed E-state index contributed by atoms with van der Waals surface area (Å²) in [5.41, 5.74) is 6.64. The maximum absolute atomic E-state index is 12.5. The Morgan fingerprint density at radius 1 is 1.24 bits per heavy atom. The van der Waals surface area contributed by atoms with Crippen molar-refractivity contribution in [2.75, 3.05) is 0 Å². The van der Waals surface area contributed by atoms with Gasteiger partial charge >= 0.3 is 0 Å². The van der Waals surface area contributed by atoms with E-state index in [4.69, 9.17) is 0 Å². The number of hydrazone groups is 1. The third kappa shape index (κ3) is 3.79. The van der Waals surface area contributed by atoms with Gasteiger partial charge in [-0.25, -0.2) is 10.4 Å². The Kier molecular flexibility index (Phi) is 4.99. The highest BCUT2D eigenvalue weighted by molar-refractivity contribution is 9.10. The maximum Gasteiger partial charge on any atom is 0.290 e. The summed E-state index contributed by atoms with van der Waals surface area (Å²) in [5.74, 6) is 0.196. The molecule has 0 bridgehead atoms. The number of pyridine rings is 1. The van der Waals surface area contributed by atoms with Crippen LogP contribution in [0.4, 0.5) is 0 Å². The van der Waals surface area contributed by atoms with Gasteiger partial charge in [0.1, 0.15) is 11.3 Å². The summed E-state index contributed by atoms with van der Waals surface area (Å²) >= 11 is 3.41. The van der Waals surface area contributed by atoms with Crippen molar-refractivity contribution in [2.24, 2.45) is 5.10 Å². The third-order valence-electron chi connectivity index (χ3n) is 3.95. The van der Waals surface area contributed by atoms with Crippen LogP contribution in [0, 0.1) is 6.92 Å². The largest absolute Gasteiger partial charge is 0.294 e. The highest BCUT2D eigenvalue weighted by Crippen LogP contribution is 2.17. The summed E-state index contributed by atoms with van der Waals surface area (Å²) in [5, 5.41) is 4.07. The number of amides is 1. The molecular formula is C19H19BrN4O. The first kappa shape index (κ1) is 17.4. The predicted molar refractivity (Wildman–Crippen MR) is 103 cm³/mol. The van der Waals surface area contributed by atoms with Crippen LogP contribution in [0.1, 0.15) is 47.1 Å². The van der Waals surface area contributed by atoms with Crippen LogP contribution >= 0.6 is 15.9 Å². The smallest absolute Gasteiger partial charge is 0.290 e. The van der Waals surface area contributed by atoms with Crippen molar-refractivity contribution >= 4 is 33.7 Å². The Labute approximate surface area is 154 Å². The molecule has 128 valence electrons. The van der Waals surface area contributed by atoms with E-state index >= 15 is 0 Å². The lowest BCUT2D eigenvalue weighted by atomic mass is 10.0. The number of carbonyl (C=O) groups excluding carboxylic acids is 1. The molecule has 2 heterocycles. The van der Waals surface area contributed by atoms with Gasteiger partial charge in [-0.3, -0.25) is 9.20 Å². The van der Waals surface area contributed by atoms with Gasteiger partial charge in [0.15, 0.2) is 0 Å². The molecule has 0 unspecified atom stereocenters. The second-order valence-electron chi connectivity index (χ2n) is 6.14. The van der Waals surface area contributed by atoms with E-state index in [-0.39, 0.29) is 5.91 Å². The van der Waals surface area contributed by atoms with Gasteiger partial charge in [-0.1, -0.05) is 38.1 Å². The summed E-state index contributed by atoms with van der Waals surface area (Å²) < 4.78 is 2.63. The van der Waals surface area contributed by atoms with Crippen molar-refractivity contribution in [1.82, 2.24) is 14.8 Å². The molecular weight excluding hydrogens is 380 g/mol. The number of nitrogens with one attached hydrogen (secondary N) is 1. The van der Waals surface area contributed by atoms with Crippen molar-refractivity contribution in [1.29, 1.82) is 0 Å². The molecule has 0 aliphatic rings. The molecule has 25 heavy (non-hydrogen) atoms. The van der Waals surface area contributed by atoms with Crippen molar-refractivity contribution in [3.63, 3.8) is 0 Å². The Morgan fingerprint density at radius 2 is 1.96 bits per heavy atom. The number of aromatic nitrogens is 2. The van der Waals surface area contributed by atoms with Crippen LogP contribution in [0.2, 0.25) is 0 Å². The second-order valence-corrected chi connectivity index (χ2v) is 7.06. The van der Waals surface area contributed by atoms with Gasteiger partial charge in [-0.2, -0.15) is 5.10 Å². The van der Waals surface area contributed by atoms with Crippen molar-refractivity contribution in [2.45, 2.75) is 26.7 Å². The summed E-state index contributed by atoms with van der Waals surface area (Å²) in [6.07, 6.45) is 3.45. The molecule has 0 radical (unpaired) electrons. The van der Waals surface area contributed by atoms with Gasteiger partial charge in [-0.15, -0.1) is 0 Å². The standard InChI is InChI=1S/C19H19BrN4O/c1-12(2)15-6-4-14(5-7-15)10-21-23-19(25)18-13(3)22-17-9-8-16(20)11-24(17)18/h4-12H,1-3H3,(H,23,25)/b21-10+. The van der Waals surface area contributed by atoms with Crippen LogP contribution < -0.4 is 5.43 Å². The zero-order chi connectivity index (χ0) is 18.0. The average Bonchev–Trinajstić information content (AvgIpc) is 2.90. The molecule has 0 atom stereocenters. The molecule has 0 saturated carbocycles. The van der Waals surface area contributed by atoms with E-state index < -0.39 is 0 Å². The van der Waals surface area contributed by atoms with Gasteiger partial charge in [-0.05, 0) is 52.0 Å². The van der Waals surface area contributed by atoms with Crippen LogP contribution in [-0.2, 0) is 0 Å². The predicted octanol–water partition coefficient (Wildman–Crippen LogP) is 4.29. The molecule has 0 spiro atoms. The van der Waals surface area contributed by atoms with E-state index in [9.17, 15) is 4.79 Å². The van der Waals surface area contributed by atoms with Gasteiger partial charge in [0.25, 0.3) is 5.91 Å². The topological polar surface area (TPSA) is 58.8 Å². The highest BCUT2D eigenvalue weighted by Gasteiger charge is 2.16. The number of halogens is 1. The first-order chi connectivity index (χ1) is 12.0. The molecule has 2 aromatic heterocycles. The van der Waals surface area contributed by atoms with Crippen LogP contribution in [-0.4, -0.2) is 21.5 Å². The Hall–Kier alpha value is -2.47. The SMILES string of the molecule is Cc1nc2ccc(Br)cn2c1C(=O)N/N=C/c1ccc(C(C)C)cc1. The lowest BCUT2D eigenvalue weighted by molar-refractivity contribution is 0.0948. The fourth-order valence-corrected chi connectivity index (χ4v) is 2.93. The third-order valence-corrected chi connectivity index (χ3v) is 4.42. The fraction of sp³-hybridized carbons (Fsp3) is 0.211. The van der Waals surface area contributed by atoms with Gasteiger partial charge in [0.05, 0.1) is 11.9 Å². The summed E-state index contributed by atoms with van der Waals surface area (Å²) in [6, 6.07) is 11.9. The second kappa shape index (κ2) is 7.19. The van der Waals surface area contributed by atoms with Crippen LogP contribution in [0.15, 0.2) is 52.2 Å². The quantitative estimate of drug-likeness (QED) is 0.526. The summed E-state index contributed by atoms with van der Waals surface area (Å²) in [7, 11) is 0. The van der Waals surface area contributed by atoms with E-state index in [1.165, 1.54) is 5.56 Å². The van der Waals surface area contributed by atoms with Gasteiger partial charge in [0.2, 0.25) is 0 Å². The minimum atomic E-state index is -0.293. The van der Waals surface area contributed by atoms with Crippen LogP contribution in [0.25, 0.3) is 5.65 Å². The molecule has 5 nitrogen and oxygen atoms in total. The minimum absolute atomic E-state index is 0.293. The number of imidazole rings is 1. The van der Waals surface area contributed by atoms with E-state index in [1.807, 2.05) is 37.4 Å². The number of benzene rings is 1. The molecule has 3 aromatic rings. The monoisotopic (exact) mass is 398 g/mol. The fourth-order valence-electron chi connectivity index (χ4n) is 2.60. The molecule has 1 N–H and O–H groups in total. The molecule has 1 amide bonds. The molecule has 3 rings (SSSR count). The van der Waals surface area contributed by atoms with Crippen molar-refractivity contribution < 1.29 is 4.79 Å². The van der Waals surface area contributed by atoms with Gasteiger partial charge < -0.3 is 0 Å². The lowest BCUT2D eigenvalue weighted by Crippen LogP contribution is -2.20. The highest BCUT2D eigenvalue weighted by atomic mass is 79.9. The van der Waals surface area contributed by atoms with Crippen molar-refractivity contribution in [3.8, 4) is 0 Å². The molecule has 6 heteroatoms. The molecule has 0 aliphatic heterocycles. The number of nitrogens with zero attached hydrogens (tertiary/aromatic N) is 3. The number of rotatable bonds is 4. The first-order valence-electron chi connectivity index (χ1n) is 8.03. The lowest BCUT2D eigenvalue weighted by Gasteiger charge is -2.04. The van der Waals surface area contributed by atoms with Crippen LogP contribution in [0.5, 0.6) is 0 Å². The minimum Gasteiger partial charge on any atom is -0.294 e. The van der Waals surface area contributed by atoms with E-state index in [2.05, 4.69) is 57.4 Å². The Morgan fingerprint density at radius 3 is 2.64 bits per heavy atom. The number of carbonyl (C=O) groups is 1. The maximum atomic E-state index is 12.5. The Bertz CT molecular complexity index is 942. The van der Waals surface area contributed by atoms with E-state index in [1.54, 1.807) is 10.6 Å². The Balaban J connectivity index is 1.76. The van der Waals surface area contributed by atoms with E-state index in [0.717, 1.165) is 15.7 Å². The summed E-state index contributed by atoms with van der Waals surface area (Å²) in [6.45, 7) is 6.12. The number of hydrogen-bond acceptors (Lipinski definition) is 3. The van der Waals surface area contributed by atoms with Crippen molar-refractivity contribution in [3.05, 3.63) is 69.6 Å². The zero-order valence-corrected chi connectivity index (χ0v) is 15.9. The number of fused-ring (bicyclic) bond motifs is 1. The average molecular weight is 399 g/mol. The van der Waals surface area contributed by atoms with Gasteiger partial charge in [0, 0.05) is 10.7 Å². The summed E-state index contributed by atoms with van der Waals surface area (Å²) in [4.78, 5) is 16.9.